The van der Waals surface area contributed by atoms with Gasteiger partial charge in [0, 0.05) is 19.1 Å². The van der Waals surface area contributed by atoms with Crippen LogP contribution in [-0.4, -0.2) is 40.8 Å². The summed E-state index contributed by atoms with van der Waals surface area (Å²) in [4.78, 5) is 33.6. The van der Waals surface area contributed by atoms with Crippen LogP contribution in [0.5, 0.6) is 0 Å². The Labute approximate surface area is 167 Å². The van der Waals surface area contributed by atoms with Crippen molar-refractivity contribution < 1.29 is 9.59 Å². The van der Waals surface area contributed by atoms with Crippen molar-refractivity contribution in [3.63, 3.8) is 0 Å². The summed E-state index contributed by atoms with van der Waals surface area (Å²) < 4.78 is 0. The molecule has 1 unspecified atom stereocenters. The summed E-state index contributed by atoms with van der Waals surface area (Å²) in [6.07, 6.45) is 9.29. The van der Waals surface area contributed by atoms with Crippen LogP contribution >= 0.6 is 22.7 Å². The fourth-order valence-electron chi connectivity index (χ4n) is 3.98. The second-order valence-electron chi connectivity index (χ2n) is 7.44. The van der Waals surface area contributed by atoms with E-state index in [1.165, 1.54) is 30.6 Å². The lowest BCUT2D eigenvalue weighted by molar-refractivity contribution is -0.127. The predicted octanol–water partition coefficient (Wildman–Crippen LogP) is 4.17. The molecule has 2 amide bonds. The highest BCUT2D eigenvalue weighted by molar-refractivity contribution is 7.21. The lowest BCUT2D eigenvalue weighted by Crippen LogP contribution is -2.47. The third kappa shape index (κ3) is 4.41. The van der Waals surface area contributed by atoms with E-state index in [9.17, 15) is 9.59 Å². The van der Waals surface area contributed by atoms with Gasteiger partial charge in [0.05, 0.1) is 17.0 Å². The second-order valence-corrected chi connectivity index (χ2v) is 9.42. The molecule has 5 nitrogen and oxygen atoms in total. The van der Waals surface area contributed by atoms with Gasteiger partial charge in [0.25, 0.3) is 5.91 Å². The Morgan fingerprint density at radius 1 is 1.15 bits per heavy atom. The highest BCUT2D eigenvalue weighted by atomic mass is 32.1. The van der Waals surface area contributed by atoms with E-state index < -0.39 is 0 Å². The number of rotatable bonds is 4. The molecule has 7 heteroatoms. The molecule has 0 bridgehead atoms. The van der Waals surface area contributed by atoms with Gasteiger partial charge in [0.1, 0.15) is 9.88 Å². The van der Waals surface area contributed by atoms with E-state index in [1.54, 1.807) is 17.5 Å². The molecule has 0 aromatic carbocycles. The summed E-state index contributed by atoms with van der Waals surface area (Å²) >= 11 is 3.07. The monoisotopic (exact) mass is 403 g/mol. The SMILES string of the molecule is O=C(NC1CCCCC1)C1CCCN(C(=O)c2cnc(-c3cccs3)s2)C1. The number of carbonyl (C=O) groups is 2. The van der Waals surface area contributed by atoms with Gasteiger partial charge in [-0.2, -0.15) is 0 Å². The number of thiophene rings is 1. The first-order valence-electron chi connectivity index (χ1n) is 9.80. The number of nitrogens with zero attached hydrogens (tertiary/aromatic N) is 2. The van der Waals surface area contributed by atoms with E-state index in [0.29, 0.717) is 17.5 Å². The average molecular weight is 404 g/mol. The number of likely N-dealkylation sites (tertiary alicyclic amines) is 1. The van der Waals surface area contributed by atoms with Gasteiger partial charge >= 0.3 is 0 Å². The molecule has 1 saturated carbocycles. The van der Waals surface area contributed by atoms with E-state index >= 15 is 0 Å². The lowest BCUT2D eigenvalue weighted by Gasteiger charge is -2.33. The van der Waals surface area contributed by atoms with E-state index in [0.717, 1.165) is 42.1 Å². The lowest BCUT2D eigenvalue weighted by atomic mass is 9.93. The zero-order valence-corrected chi connectivity index (χ0v) is 17.0. The topological polar surface area (TPSA) is 62.3 Å². The molecule has 2 fully saturated rings. The zero-order chi connectivity index (χ0) is 18.6. The number of hydrogen-bond acceptors (Lipinski definition) is 5. The first-order chi connectivity index (χ1) is 13.2. The Kier molecular flexibility index (Phi) is 5.88. The van der Waals surface area contributed by atoms with E-state index in [2.05, 4.69) is 10.3 Å². The van der Waals surface area contributed by atoms with Gasteiger partial charge in [-0.1, -0.05) is 25.3 Å². The average Bonchev–Trinajstić information content (AvgIpc) is 3.40. The van der Waals surface area contributed by atoms with Crippen molar-refractivity contribution in [3.8, 4) is 9.88 Å². The van der Waals surface area contributed by atoms with Gasteiger partial charge in [-0.15, -0.1) is 22.7 Å². The Hall–Kier alpha value is -1.73. The Morgan fingerprint density at radius 2 is 2.00 bits per heavy atom. The molecular formula is C20H25N3O2S2. The summed E-state index contributed by atoms with van der Waals surface area (Å²) in [6, 6.07) is 4.33. The maximum Gasteiger partial charge on any atom is 0.265 e. The standard InChI is InChI=1S/C20H25N3O2S2/c24-18(22-15-7-2-1-3-8-15)14-6-4-10-23(13-14)20(25)17-12-21-19(27-17)16-9-5-11-26-16/h5,9,11-12,14-15H,1-4,6-8,10,13H2,(H,22,24). The molecule has 1 atom stereocenters. The van der Waals surface area contributed by atoms with Crippen LogP contribution in [0.4, 0.5) is 0 Å². The molecule has 1 aliphatic carbocycles. The summed E-state index contributed by atoms with van der Waals surface area (Å²) in [5.41, 5.74) is 0. The van der Waals surface area contributed by atoms with Crippen molar-refractivity contribution in [3.05, 3.63) is 28.6 Å². The minimum absolute atomic E-state index is 0.00507. The van der Waals surface area contributed by atoms with Crippen LogP contribution in [0.3, 0.4) is 0 Å². The van der Waals surface area contributed by atoms with Gasteiger partial charge in [0.15, 0.2) is 0 Å². The molecule has 1 aliphatic heterocycles. The van der Waals surface area contributed by atoms with Crippen LogP contribution in [-0.2, 0) is 4.79 Å². The molecule has 0 spiro atoms. The zero-order valence-electron chi connectivity index (χ0n) is 15.4. The number of thiazole rings is 1. The molecule has 3 heterocycles. The highest BCUT2D eigenvalue weighted by Crippen LogP contribution is 2.30. The van der Waals surface area contributed by atoms with Crippen LogP contribution in [0.25, 0.3) is 9.88 Å². The van der Waals surface area contributed by atoms with E-state index in [-0.39, 0.29) is 17.7 Å². The Morgan fingerprint density at radius 3 is 2.78 bits per heavy atom. The Bertz CT molecular complexity index is 781. The third-order valence-electron chi connectivity index (χ3n) is 5.48. The molecule has 0 radical (unpaired) electrons. The van der Waals surface area contributed by atoms with Gasteiger partial charge in [-0.25, -0.2) is 4.98 Å². The van der Waals surface area contributed by atoms with Crippen LogP contribution in [0, 0.1) is 5.92 Å². The number of nitrogens with one attached hydrogen (secondary N) is 1. The molecular weight excluding hydrogens is 378 g/mol. The summed E-state index contributed by atoms with van der Waals surface area (Å²) in [5, 5.41) is 6.12. The van der Waals surface area contributed by atoms with Gasteiger partial charge < -0.3 is 10.2 Å². The molecule has 2 aromatic heterocycles. The molecule has 1 saturated heterocycles. The molecule has 27 heavy (non-hydrogen) atoms. The van der Waals surface area contributed by atoms with Crippen LogP contribution in [0.1, 0.15) is 54.6 Å². The molecule has 2 aliphatic rings. The van der Waals surface area contributed by atoms with Gasteiger partial charge in [-0.05, 0) is 37.1 Å². The van der Waals surface area contributed by atoms with Crippen molar-refractivity contribution in [1.29, 1.82) is 0 Å². The number of hydrogen-bond donors (Lipinski definition) is 1. The maximum absolute atomic E-state index is 12.9. The van der Waals surface area contributed by atoms with Gasteiger partial charge in [-0.3, -0.25) is 9.59 Å². The first kappa shape index (κ1) is 18.6. The predicted molar refractivity (Wildman–Crippen MR) is 109 cm³/mol. The Balaban J connectivity index is 1.37. The fourth-order valence-corrected chi connectivity index (χ4v) is 5.67. The number of piperidine rings is 1. The number of amides is 2. The summed E-state index contributed by atoms with van der Waals surface area (Å²) in [5.74, 6) is 0.0442. The van der Waals surface area contributed by atoms with Gasteiger partial charge in [0.2, 0.25) is 5.91 Å². The third-order valence-corrected chi connectivity index (χ3v) is 7.50. The van der Waals surface area contributed by atoms with Crippen molar-refractivity contribution in [2.75, 3.05) is 13.1 Å². The highest BCUT2D eigenvalue weighted by Gasteiger charge is 2.31. The molecule has 1 N–H and O–H groups in total. The summed E-state index contributed by atoms with van der Waals surface area (Å²) in [6.45, 7) is 1.24. The van der Waals surface area contributed by atoms with Crippen LogP contribution in [0.2, 0.25) is 0 Å². The van der Waals surface area contributed by atoms with Crippen molar-refractivity contribution >= 4 is 34.5 Å². The quantitative estimate of drug-likeness (QED) is 0.833. The van der Waals surface area contributed by atoms with Crippen LogP contribution in [0.15, 0.2) is 23.7 Å². The van der Waals surface area contributed by atoms with Crippen molar-refractivity contribution in [1.82, 2.24) is 15.2 Å². The largest absolute Gasteiger partial charge is 0.353 e. The first-order valence-corrected chi connectivity index (χ1v) is 11.5. The molecule has 2 aromatic rings. The fraction of sp³-hybridized carbons (Fsp3) is 0.550. The second kappa shape index (κ2) is 8.52. The van der Waals surface area contributed by atoms with Crippen molar-refractivity contribution in [2.45, 2.75) is 51.0 Å². The normalized spacial score (nSPS) is 21.2. The van der Waals surface area contributed by atoms with Crippen LogP contribution < -0.4 is 5.32 Å². The molecule has 4 rings (SSSR count). The number of aromatic nitrogens is 1. The molecule has 144 valence electrons. The van der Waals surface area contributed by atoms with Crippen molar-refractivity contribution in [2.24, 2.45) is 5.92 Å². The smallest absolute Gasteiger partial charge is 0.265 e. The minimum atomic E-state index is -0.0886. The van der Waals surface area contributed by atoms with E-state index in [1.807, 2.05) is 22.4 Å². The number of carbonyl (C=O) groups excluding carboxylic acids is 2. The van der Waals surface area contributed by atoms with E-state index in [4.69, 9.17) is 0 Å². The maximum atomic E-state index is 12.9. The summed E-state index contributed by atoms with van der Waals surface area (Å²) in [7, 11) is 0. The minimum Gasteiger partial charge on any atom is -0.353 e.